The lowest BCUT2D eigenvalue weighted by molar-refractivity contribution is -0.117. The molecule has 1 N–H and O–H groups in total. The van der Waals surface area contributed by atoms with Crippen molar-refractivity contribution in [3.8, 4) is 0 Å². The van der Waals surface area contributed by atoms with Crippen LogP contribution in [-0.2, 0) is 18.6 Å². The van der Waals surface area contributed by atoms with Crippen molar-refractivity contribution < 1.29 is 23.7 Å². The van der Waals surface area contributed by atoms with E-state index in [4.69, 9.17) is 18.6 Å². The SMILES string of the molecule is COCOC(C)(C)CCC[C@@H]1O[C@@]12[C@H](O)C[C@H]1[C@@H](O[Si](C)(C)C(C)(C)C)CCC[C@@]12C. The van der Waals surface area contributed by atoms with Crippen LogP contribution in [0.5, 0.6) is 0 Å². The predicted molar refractivity (Wildman–Crippen MR) is 127 cm³/mol. The molecule has 6 atom stereocenters. The maximum absolute atomic E-state index is 11.2. The molecule has 0 amide bonds. The molecule has 1 heterocycles. The normalized spacial score (nSPS) is 38.5. The van der Waals surface area contributed by atoms with Crippen LogP contribution in [0.4, 0.5) is 0 Å². The summed E-state index contributed by atoms with van der Waals surface area (Å²) in [5, 5.41) is 11.4. The zero-order chi connectivity index (χ0) is 23.3. The molecule has 5 nitrogen and oxygen atoms in total. The zero-order valence-electron chi connectivity index (χ0n) is 21.5. The van der Waals surface area contributed by atoms with Gasteiger partial charge in [-0.25, -0.2) is 0 Å². The van der Waals surface area contributed by atoms with Crippen LogP contribution < -0.4 is 0 Å². The van der Waals surface area contributed by atoms with Crippen molar-refractivity contribution in [2.45, 2.75) is 134 Å². The summed E-state index contributed by atoms with van der Waals surface area (Å²) in [6.07, 6.45) is 7.21. The Balaban J connectivity index is 1.65. The van der Waals surface area contributed by atoms with Gasteiger partial charge in [0.05, 0.1) is 17.8 Å². The Hall–Kier alpha value is 0.0169. The van der Waals surface area contributed by atoms with E-state index in [1.54, 1.807) is 7.11 Å². The molecule has 0 unspecified atom stereocenters. The fraction of sp³-hybridized carbons (Fsp3) is 1.00. The Morgan fingerprint density at radius 3 is 2.45 bits per heavy atom. The van der Waals surface area contributed by atoms with Gasteiger partial charge in [-0.05, 0) is 76.4 Å². The maximum atomic E-state index is 11.2. The van der Waals surface area contributed by atoms with E-state index in [0.717, 1.165) is 44.9 Å². The van der Waals surface area contributed by atoms with E-state index in [1.807, 2.05) is 0 Å². The Morgan fingerprint density at radius 1 is 1.16 bits per heavy atom. The topological polar surface area (TPSA) is 60.5 Å². The minimum Gasteiger partial charge on any atom is -0.414 e. The molecule has 3 rings (SSSR count). The largest absolute Gasteiger partial charge is 0.414 e. The van der Waals surface area contributed by atoms with Gasteiger partial charge >= 0.3 is 0 Å². The zero-order valence-corrected chi connectivity index (χ0v) is 22.5. The van der Waals surface area contributed by atoms with E-state index in [2.05, 4.69) is 54.6 Å². The van der Waals surface area contributed by atoms with Crippen molar-refractivity contribution >= 4 is 8.32 Å². The molecule has 1 saturated heterocycles. The minimum atomic E-state index is -1.85. The Bertz CT molecular complexity index is 630. The second kappa shape index (κ2) is 8.66. The van der Waals surface area contributed by atoms with Crippen molar-refractivity contribution in [1.29, 1.82) is 0 Å². The summed E-state index contributed by atoms with van der Waals surface area (Å²) in [6.45, 7) is 18.6. The van der Waals surface area contributed by atoms with Crippen molar-refractivity contribution in [2.24, 2.45) is 11.3 Å². The number of hydrogen-bond donors (Lipinski definition) is 1. The average Bonchev–Trinajstić information content (AvgIpc) is 3.32. The molecule has 2 saturated carbocycles. The van der Waals surface area contributed by atoms with Crippen molar-refractivity contribution in [1.82, 2.24) is 0 Å². The van der Waals surface area contributed by atoms with Gasteiger partial charge in [0.15, 0.2) is 8.32 Å². The highest BCUT2D eigenvalue weighted by molar-refractivity contribution is 6.74. The first-order valence-corrected chi connectivity index (χ1v) is 15.3. The highest BCUT2D eigenvalue weighted by Gasteiger charge is 2.77. The van der Waals surface area contributed by atoms with Gasteiger partial charge in [-0.2, -0.15) is 0 Å². The van der Waals surface area contributed by atoms with E-state index in [1.165, 1.54) is 0 Å². The molecule has 3 fully saturated rings. The molecule has 0 aromatic heterocycles. The third-order valence-electron chi connectivity index (χ3n) is 9.14. The van der Waals surface area contributed by atoms with Crippen LogP contribution in [0.3, 0.4) is 0 Å². The van der Waals surface area contributed by atoms with Crippen LogP contribution in [0.25, 0.3) is 0 Å². The highest BCUT2D eigenvalue weighted by Crippen LogP contribution is 2.68. The molecular formula is C25H48O5Si. The van der Waals surface area contributed by atoms with Crippen molar-refractivity contribution in [3.05, 3.63) is 0 Å². The summed E-state index contributed by atoms with van der Waals surface area (Å²) in [4.78, 5) is 0. The monoisotopic (exact) mass is 456 g/mol. The first-order valence-electron chi connectivity index (χ1n) is 12.4. The maximum Gasteiger partial charge on any atom is 0.192 e. The van der Waals surface area contributed by atoms with E-state index in [9.17, 15) is 5.11 Å². The van der Waals surface area contributed by atoms with Gasteiger partial charge in [-0.3, -0.25) is 0 Å². The second-order valence-corrected chi connectivity index (χ2v) is 17.4. The molecule has 2 aliphatic carbocycles. The van der Waals surface area contributed by atoms with E-state index >= 15 is 0 Å². The molecule has 0 radical (unpaired) electrons. The molecule has 182 valence electrons. The van der Waals surface area contributed by atoms with Crippen LogP contribution in [0.2, 0.25) is 18.1 Å². The fourth-order valence-corrected chi connectivity index (χ4v) is 7.52. The van der Waals surface area contributed by atoms with E-state index < -0.39 is 8.32 Å². The average molecular weight is 457 g/mol. The number of ether oxygens (including phenoxy) is 3. The van der Waals surface area contributed by atoms with Gasteiger partial charge in [0.25, 0.3) is 0 Å². The summed E-state index contributed by atoms with van der Waals surface area (Å²) >= 11 is 0. The lowest BCUT2D eigenvalue weighted by Gasteiger charge is -2.48. The number of aliphatic hydroxyl groups excluding tert-OH is 1. The summed E-state index contributed by atoms with van der Waals surface area (Å²) in [6, 6.07) is 0. The molecule has 6 heteroatoms. The quantitative estimate of drug-likeness (QED) is 0.276. The Kier molecular flexibility index (Phi) is 7.16. The first-order chi connectivity index (χ1) is 14.2. The Labute approximate surface area is 191 Å². The number of methoxy groups -OCH3 is 1. The van der Waals surface area contributed by atoms with E-state index in [0.29, 0.717) is 12.7 Å². The molecule has 31 heavy (non-hydrogen) atoms. The van der Waals surface area contributed by atoms with E-state index in [-0.39, 0.29) is 40.0 Å². The Morgan fingerprint density at radius 2 is 1.84 bits per heavy atom. The molecule has 0 aromatic carbocycles. The second-order valence-electron chi connectivity index (χ2n) is 12.7. The van der Waals surface area contributed by atoms with Crippen LogP contribution in [-0.4, -0.2) is 56.8 Å². The molecule has 0 bridgehead atoms. The minimum absolute atomic E-state index is 0.00440. The lowest BCUT2D eigenvalue weighted by Crippen LogP contribution is -2.52. The third kappa shape index (κ3) is 4.67. The molecule has 1 spiro atoms. The van der Waals surface area contributed by atoms with Crippen LogP contribution in [0.15, 0.2) is 0 Å². The predicted octanol–water partition coefficient (Wildman–Crippen LogP) is 5.65. The highest BCUT2D eigenvalue weighted by atomic mass is 28.4. The molecule has 3 aliphatic rings. The smallest absolute Gasteiger partial charge is 0.192 e. The molecular weight excluding hydrogens is 408 g/mol. The summed E-state index contributed by atoms with van der Waals surface area (Å²) in [5.41, 5.74) is -0.569. The molecule has 1 aliphatic heterocycles. The molecule has 0 aromatic rings. The number of fused-ring (bicyclic) bond motifs is 2. The summed E-state index contributed by atoms with van der Waals surface area (Å²) in [5.74, 6) is 0.386. The van der Waals surface area contributed by atoms with Crippen LogP contribution >= 0.6 is 0 Å². The van der Waals surface area contributed by atoms with Gasteiger partial charge in [-0.15, -0.1) is 0 Å². The van der Waals surface area contributed by atoms with Crippen molar-refractivity contribution in [2.75, 3.05) is 13.9 Å². The number of rotatable bonds is 9. The van der Waals surface area contributed by atoms with Gasteiger partial charge in [-0.1, -0.05) is 34.1 Å². The fourth-order valence-electron chi connectivity index (χ4n) is 6.13. The van der Waals surface area contributed by atoms with Gasteiger partial charge in [0.1, 0.15) is 12.4 Å². The summed E-state index contributed by atoms with van der Waals surface area (Å²) < 4.78 is 24.2. The van der Waals surface area contributed by atoms with Gasteiger partial charge < -0.3 is 23.7 Å². The number of epoxide rings is 1. The van der Waals surface area contributed by atoms with Crippen molar-refractivity contribution in [3.63, 3.8) is 0 Å². The van der Waals surface area contributed by atoms with Gasteiger partial charge in [0.2, 0.25) is 0 Å². The first kappa shape index (κ1) is 25.6. The van der Waals surface area contributed by atoms with Gasteiger partial charge in [0, 0.05) is 18.6 Å². The standard InChI is InChI=1S/C25H48O5Si/c1-22(2,3)31(8,9)30-19-12-10-15-24(6)18(19)16-20(26)25(24)21(29-25)13-11-14-23(4,5)28-17-27-7/h18-21,26H,10-17H2,1-9H3/t18-,19-,20+,21-,24-,25-/m0/s1. The lowest BCUT2D eigenvalue weighted by atomic mass is 9.63. The number of aliphatic hydroxyl groups is 1. The number of hydrogen-bond acceptors (Lipinski definition) is 5. The third-order valence-corrected chi connectivity index (χ3v) is 13.6. The van der Waals surface area contributed by atoms with Crippen LogP contribution in [0.1, 0.15) is 86.5 Å². The van der Waals surface area contributed by atoms with Crippen LogP contribution in [0, 0.1) is 11.3 Å². The summed E-state index contributed by atoms with van der Waals surface area (Å²) in [7, 11) is -0.194.